The molecule has 1 atom stereocenters. The maximum absolute atomic E-state index is 12.6. The van der Waals surface area contributed by atoms with Crippen LogP contribution >= 0.6 is 0 Å². The molecule has 0 unspecified atom stereocenters. The van der Waals surface area contributed by atoms with Crippen LogP contribution in [-0.2, 0) is 14.3 Å². The number of ketones is 1. The molecule has 0 aromatic heterocycles. The van der Waals surface area contributed by atoms with Crippen LogP contribution in [0.15, 0.2) is 35.6 Å². The van der Waals surface area contributed by atoms with Gasteiger partial charge in [0.05, 0.1) is 42.8 Å². The van der Waals surface area contributed by atoms with Gasteiger partial charge in [-0.05, 0) is 12.5 Å². The summed E-state index contributed by atoms with van der Waals surface area (Å²) in [5.41, 5.74) is 0.286. The van der Waals surface area contributed by atoms with Gasteiger partial charge in [0.25, 0.3) is 11.6 Å². The van der Waals surface area contributed by atoms with Crippen molar-refractivity contribution in [2.45, 2.75) is 13.0 Å². The maximum Gasteiger partial charge on any atom is 0.290 e. The molecule has 0 radical (unpaired) electrons. The van der Waals surface area contributed by atoms with Gasteiger partial charge in [0.2, 0.25) is 0 Å². The highest BCUT2D eigenvalue weighted by Gasteiger charge is 2.43. The average molecular weight is 376 g/mol. The summed E-state index contributed by atoms with van der Waals surface area (Å²) in [4.78, 5) is 38.0. The van der Waals surface area contributed by atoms with E-state index in [1.165, 1.54) is 34.9 Å². The van der Waals surface area contributed by atoms with E-state index in [4.69, 9.17) is 4.74 Å². The molecule has 3 rings (SSSR count). The van der Waals surface area contributed by atoms with E-state index in [0.29, 0.717) is 31.9 Å². The van der Waals surface area contributed by atoms with Crippen LogP contribution < -0.4 is 4.90 Å². The number of nitro groups is 1. The topological polar surface area (TPSA) is 114 Å². The molecule has 2 N–H and O–H groups in total. The number of aliphatic hydroxyl groups excluding tert-OH is 1. The first-order chi connectivity index (χ1) is 12.9. The molecule has 9 heteroatoms. The van der Waals surface area contributed by atoms with E-state index in [0.717, 1.165) is 13.1 Å². The zero-order valence-corrected chi connectivity index (χ0v) is 15.0. The van der Waals surface area contributed by atoms with E-state index in [1.54, 1.807) is 6.07 Å². The number of morpholine rings is 1. The first-order valence-corrected chi connectivity index (χ1v) is 8.81. The van der Waals surface area contributed by atoms with Gasteiger partial charge in [-0.2, -0.15) is 0 Å². The number of ether oxygens (including phenoxy) is 1. The summed E-state index contributed by atoms with van der Waals surface area (Å²) in [5, 5.41) is 21.4. The fraction of sp³-hybridized carbons (Fsp3) is 0.444. The van der Waals surface area contributed by atoms with Gasteiger partial charge in [0.15, 0.2) is 11.5 Å². The minimum Gasteiger partial charge on any atom is -0.503 e. The van der Waals surface area contributed by atoms with Crippen LogP contribution in [0.2, 0.25) is 0 Å². The van der Waals surface area contributed by atoms with E-state index < -0.39 is 28.4 Å². The zero-order chi connectivity index (χ0) is 19.6. The van der Waals surface area contributed by atoms with Crippen molar-refractivity contribution in [1.29, 1.82) is 0 Å². The van der Waals surface area contributed by atoms with Crippen LogP contribution in [0.4, 0.5) is 5.69 Å². The summed E-state index contributed by atoms with van der Waals surface area (Å²) in [6.45, 7) is 5.19. The number of Topliss-reactive ketones (excluding diaryl/α,β-unsaturated/α-hetero) is 1. The van der Waals surface area contributed by atoms with Gasteiger partial charge < -0.3 is 19.6 Å². The van der Waals surface area contributed by atoms with Crippen molar-refractivity contribution in [1.82, 2.24) is 4.90 Å². The first-order valence-electron chi connectivity index (χ1n) is 8.81. The molecule has 0 saturated carbocycles. The van der Waals surface area contributed by atoms with Crippen LogP contribution in [0.25, 0.3) is 0 Å². The lowest BCUT2D eigenvalue weighted by Gasteiger charge is -2.29. The fourth-order valence-corrected chi connectivity index (χ4v) is 3.59. The van der Waals surface area contributed by atoms with E-state index in [-0.39, 0.29) is 11.3 Å². The number of non-ortho nitro benzene ring substituents is 1. The second-order valence-electron chi connectivity index (χ2n) is 6.68. The molecule has 1 saturated heterocycles. The number of nitro benzene ring substituents is 1. The molecular formula is C18H22N3O6+. The number of aliphatic hydroxyl groups is 1. The number of rotatable bonds is 6. The van der Waals surface area contributed by atoms with Gasteiger partial charge in [0, 0.05) is 12.1 Å². The Kier molecular flexibility index (Phi) is 5.52. The van der Waals surface area contributed by atoms with Crippen molar-refractivity contribution in [3.05, 3.63) is 51.3 Å². The summed E-state index contributed by atoms with van der Waals surface area (Å²) >= 11 is 0. The summed E-state index contributed by atoms with van der Waals surface area (Å²) in [6.07, 6.45) is 0. The molecule has 2 aliphatic heterocycles. The van der Waals surface area contributed by atoms with Crippen molar-refractivity contribution in [3.8, 4) is 0 Å². The molecule has 1 amide bonds. The Bertz CT molecular complexity index is 800. The third kappa shape index (κ3) is 3.83. The van der Waals surface area contributed by atoms with Gasteiger partial charge in [-0.25, -0.2) is 0 Å². The second-order valence-corrected chi connectivity index (χ2v) is 6.68. The Hall–Kier alpha value is -2.78. The molecule has 0 spiro atoms. The molecular weight excluding hydrogens is 354 g/mol. The van der Waals surface area contributed by atoms with Gasteiger partial charge in [-0.1, -0.05) is 12.1 Å². The molecule has 0 bridgehead atoms. The summed E-state index contributed by atoms with van der Waals surface area (Å²) in [5.74, 6) is -1.63. The number of nitrogens with zero attached hydrogens (tertiary/aromatic N) is 2. The van der Waals surface area contributed by atoms with Gasteiger partial charge in [0.1, 0.15) is 13.1 Å². The predicted molar refractivity (Wildman–Crippen MR) is 94.3 cm³/mol. The Morgan fingerprint density at radius 3 is 2.74 bits per heavy atom. The highest BCUT2D eigenvalue weighted by atomic mass is 16.6. The highest BCUT2D eigenvalue weighted by Crippen LogP contribution is 2.38. The number of carbonyl (C=O) groups is 2. The van der Waals surface area contributed by atoms with Crippen LogP contribution in [0, 0.1) is 10.1 Å². The molecule has 9 nitrogen and oxygen atoms in total. The molecule has 1 fully saturated rings. The number of carbonyl (C=O) groups excluding carboxylic acids is 2. The quantitative estimate of drug-likeness (QED) is 0.525. The zero-order valence-electron chi connectivity index (χ0n) is 15.0. The second kappa shape index (κ2) is 7.85. The van der Waals surface area contributed by atoms with E-state index >= 15 is 0 Å². The van der Waals surface area contributed by atoms with Crippen LogP contribution in [0.5, 0.6) is 0 Å². The molecule has 27 heavy (non-hydrogen) atoms. The Morgan fingerprint density at radius 2 is 2.11 bits per heavy atom. The fourth-order valence-electron chi connectivity index (χ4n) is 3.59. The van der Waals surface area contributed by atoms with Crippen molar-refractivity contribution >= 4 is 17.4 Å². The third-order valence-electron chi connectivity index (χ3n) is 4.99. The van der Waals surface area contributed by atoms with E-state index in [2.05, 4.69) is 0 Å². The number of nitrogens with one attached hydrogen (secondary N) is 1. The number of hydrogen-bond donors (Lipinski definition) is 2. The maximum atomic E-state index is 12.6. The lowest BCUT2D eigenvalue weighted by atomic mass is 9.96. The lowest BCUT2D eigenvalue weighted by molar-refractivity contribution is -0.907. The Morgan fingerprint density at radius 1 is 1.41 bits per heavy atom. The van der Waals surface area contributed by atoms with E-state index in [1.807, 2.05) is 0 Å². The largest absolute Gasteiger partial charge is 0.503 e. The molecule has 144 valence electrons. The van der Waals surface area contributed by atoms with Gasteiger partial charge in [-0.15, -0.1) is 0 Å². The average Bonchev–Trinajstić information content (AvgIpc) is 2.92. The van der Waals surface area contributed by atoms with Crippen LogP contribution in [-0.4, -0.2) is 66.0 Å². The molecule has 2 heterocycles. The predicted octanol–water partition coefficient (Wildman–Crippen LogP) is -0.206. The summed E-state index contributed by atoms with van der Waals surface area (Å²) in [6, 6.07) is 5.00. The SMILES string of the molecule is CC(=O)C1=C(O)C(=O)N(CC[NH+]2CCOCC2)[C@H]1c1cccc([N+](=O)[O-])c1. The summed E-state index contributed by atoms with van der Waals surface area (Å²) < 4.78 is 5.33. The Labute approximate surface area is 156 Å². The van der Waals surface area contributed by atoms with Crippen LogP contribution in [0.3, 0.4) is 0 Å². The smallest absolute Gasteiger partial charge is 0.290 e. The van der Waals surface area contributed by atoms with Crippen molar-refractivity contribution < 1.29 is 29.3 Å². The Balaban J connectivity index is 1.91. The number of quaternary nitrogens is 1. The summed E-state index contributed by atoms with van der Waals surface area (Å²) in [7, 11) is 0. The lowest BCUT2D eigenvalue weighted by Crippen LogP contribution is -3.14. The standard InChI is InChI=1S/C18H21N3O6/c1-12(22)15-16(13-3-2-4-14(11-13)21(25)26)20(18(24)17(15)23)6-5-19-7-9-27-10-8-19/h2-4,11,16,23H,5-10H2,1H3/p+1/t16-/m0/s1. The van der Waals surface area contributed by atoms with Gasteiger partial charge in [-0.3, -0.25) is 19.7 Å². The molecule has 0 aliphatic carbocycles. The van der Waals surface area contributed by atoms with Gasteiger partial charge >= 0.3 is 0 Å². The third-order valence-corrected chi connectivity index (χ3v) is 4.99. The minimum atomic E-state index is -0.824. The molecule has 2 aliphatic rings. The van der Waals surface area contributed by atoms with Crippen molar-refractivity contribution in [3.63, 3.8) is 0 Å². The normalized spacial score (nSPS) is 21.0. The van der Waals surface area contributed by atoms with Crippen LogP contribution in [0.1, 0.15) is 18.5 Å². The minimum absolute atomic E-state index is 0.0162. The highest BCUT2D eigenvalue weighted by molar-refractivity contribution is 6.08. The first kappa shape index (κ1) is 19.0. The van der Waals surface area contributed by atoms with E-state index in [9.17, 15) is 24.8 Å². The number of benzene rings is 1. The van der Waals surface area contributed by atoms with Crippen molar-refractivity contribution in [2.75, 3.05) is 39.4 Å². The number of amides is 1. The number of hydrogen-bond acceptors (Lipinski definition) is 6. The monoisotopic (exact) mass is 376 g/mol. The molecule has 1 aromatic rings. The molecule has 1 aromatic carbocycles. The van der Waals surface area contributed by atoms with Crippen molar-refractivity contribution in [2.24, 2.45) is 0 Å².